The second-order valence-electron chi connectivity index (χ2n) is 7.88. The molecule has 1 saturated heterocycles. The summed E-state index contributed by atoms with van der Waals surface area (Å²) in [6.45, 7) is 0.974. The Balaban J connectivity index is 1.60. The number of hydrogen-bond acceptors (Lipinski definition) is 7. The van der Waals surface area contributed by atoms with E-state index in [0.29, 0.717) is 31.3 Å². The third-order valence-electron chi connectivity index (χ3n) is 5.70. The molecule has 178 valence electrons. The van der Waals surface area contributed by atoms with E-state index >= 15 is 0 Å². The van der Waals surface area contributed by atoms with E-state index in [1.165, 1.54) is 24.1 Å². The van der Waals surface area contributed by atoms with Gasteiger partial charge in [0.1, 0.15) is 29.1 Å². The van der Waals surface area contributed by atoms with Gasteiger partial charge in [-0.25, -0.2) is 9.37 Å². The number of ether oxygens (including phenoxy) is 2. The van der Waals surface area contributed by atoms with Crippen molar-refractivity contribution < 1.29 is 31.8 Å². The summed E-state index contributed by atoms with van der Waals surface area (Å²) in [6.07, 6.45) is -1.40. The Morgan fingerprint density at radius 3 is 2.73 bits per heavy atom. The van der Waals surface area contributed by atoms with Crippen molar-refractivity contribution in [3.63, 3.8) is 0 Å². The third kappa shape index (κ3) is 5.10. The first-order valence-electron chi connectivity index (χ1n) is 10.4. The van der Waals surface area contributed by atoms with Crippen LogP contribution in [0.5, 0.6) is 5.75 Å². The highest BCUT2D eigenvalue weighted by atomic mass is 19.4. The summed E-state index contributed by atoms with van der Waals surface area (Å²) < 4.78 is 66.0. The summed E-state index contributed by atoms with van der Waals surface area (Å²) in [6, 6.07) is 2.47. The van der Waals surface area contributed by atoms with Crippen LogP contribution in [0.2, 0.25) is 0 Å². The molecule has 2 fully saturated rings. The minimum Gasteiger partial charge on any atom is -0.496 e. The number of nitrogens with one attached hydrogen (secondary N) is 2. The molecule has 2 heterocycles. The standard InChI is InChI=1S/C21H23F4N5O3/c1-32-17-8-16(15(22)7-13(17)18-10-30(11-31)5-6-33-18)28-20-26-9-14(21(23,24)25)19(29-20)27-12-3-2-4-12/h7-9,11-12,18H,2-6,10H2,1H3,(H2,26,27,28,29). The van der Waals surface area contributed by atoms with E-state index in [4.69, 9.17) is 9.47 Å². The number of aromatic nitrogens is 2. The van der Waals surface area contributed by atoms with Crippen LogP contribution in [0, 0.1) is 5.82 Å². The second-order valence-corrected chi connectivity index (χ2v) is 7.88. The van der Waals surface area contributed by atoms with Gasteiger partial charge in [-0.15, -0.1) is 0 Å². The van der Waals surface area contributed by atoms with Gasteiger partial charge in [-0.05, 0) is 25.3 Å². The van der Waals surface area contributed by atoms with Crippen LogP contribution in [-0.4, -0.2) is 54.1 Å². The Morgan fingerprint density at radius 1 is 1.30 bits per heavy atom. The molecule has 2 N–H and O–H groups in total. The van der Waals surface area contributed by atoms with E-state index < -0.39 is 23.7 Å². The Morgan fingerprint density at radius 2 is 2.09 bits per heavy atom. The molecule has 4 rings (SSSR count). The van der Waals surface area contributed by atoms with Crippen molar-refractivity contribution in [2.24, 2.45) is 0 Å². The maximum Gasteiger partial charge on any atom is 0.421 e. The van der Waals surface area contributed by atoms with Crippen LogP contribution in [0.1, 0.15) is 36.5 Å². The number of anilines is 3. The van der Waals surface area contributed by atoms with Crippen molar-refractivity contribution in [2.75, 3.05) is 37.4 Å². The number of carbonyl (C=O) groups excluding carboxylic acids is 1. The molecular weight excluding hydrogens is 446 g/mol. The normalized spacial score (nSPS) is 19.1. The van der Waals surface area contributed by atoms with Gasteiger partial charge in [0.2, 0.25) is 12.4 Å². The highest BCUT2D eigenvalue weighted by Crippen LogP contribution is 2.37. The monoisotopic (exact) mass is 469 g/mol. The zero-order valence-corrected chi connectivity index (χ0v) is 17.8. The molecule has 33 heavy (non-hydrogen) atoms. The Labute approximate surface area is 187 Å². The predicted molar refractivity (Wildman–Crippen MR) is 111 cm³/mol. The Hall–Kier alpha value is -3.15. The van der Waals surface area contributed by atoms with Gasteiger partial charge in [0, 0.05) is 30.4 Å². The number of carbonyl (C=O) groups is 1. The molecule has 1 aromatic heterocycles. The summed E-state index contributed by atoms with van der Waals surface area (Å²) in [5.41, 5.74) is -0.650. The minimum absolute atomic E-state index is 0.0759. The maximum atomic E-state index is 14.9. The zero-order valence-electron chi connectivity index (χ0n) is 17.8. The zero-order chi connectivity index (χ0) is 23.6. The van der Waals surface area contributed by atoms with Gasteiger partial charge in [0.15, 0.2) is 0 Å². The van der Waals surface area contributed by atoms with Crippen molar-refractivity contribution in [1.82, 2.24) is 14.9 Å². The van der Waals surface area contributed by atoms with Crippen molar-refractivity contribution in [3.05, 3.63) is 35.3 Å². The summed E-state index contributed by atoms with van der Waals surface area (Å²) in [5, 5.41) is 5.43. The molecule has 1 aromatic carbocycles. The maximum absolute atomic E-state index is 14.9. The van der Waals surface area contributed by atoms with Crippen molar-refractivity contribution in [3.8, 4) is 5.75 Å². The topological polar surface area (TPSA) is 88.6 Å². The summed E-state index contributed by atoms with van der Waals surface area (Å²) in [4.78, 5) is 20.3. The third-order valence-corrected chi connectivity index (χ3v) is 5.70. The van der Waals surface area contributed by atoms with Gasteiger partial charge < -0.3 is 25.0 Å². The predicted octanol–water partition coefficient (Wildman–Crippen LogP) is 3.88. The molecule has 2 aromatic rings. The number of halogens is 4. The molecule has 0 bridgehead atoms. The van der Waals surface area contributed by atoms with Gasteiger partial charge in [0.05, 0.1) is 25.9 Å². The van der Waals surface area contributed by atoms with Gasteiger partial charge in [0.25, 0.3) is 0 Å². The quantitative estimate of drug-likeness (QED) is 0.470. The number of hydrogen-bond donors (Lipinski definition) is 2. The average molecular weight is 469 g/mol. The van der Waals surface area contributed by atoms with Crippen molar-refractivity contribution >= 4 is 23.9 Å². The molecule has 1 aliphatic carbocycles. The molecule has 12 heteroatoms. The fraction of sp³-hybridized carbons (Fsp3) is 0.476. The van der Waals surface area contributed by atoms with Gasteiger partial charge in [-0.1, -0.05) is 0 Å². The average Bonchev–Trinajstić information content (AvgIpc) is 2.76. The fourth-order valence-electron chi connectivity index (χ4n) is 3.67. The molecule has 1 aliphatic heterocycles. The number of morpholine rings is 1. The first-order valence-corrected chi connectivity index (χ1v) is 10.4. The van der Waals surface area contributed by atoms with Crippen LogP contribution in [0.25, 0.3) is 0 Å². The summed E-state index contributed by atoms with van der Waals surface area (Å²) in [5.74, 6) is -0.955. The lowest BCUT2D eigenvalue weighted by atomic mass is 9.93. The SMILES string of the molecule is COc1cc(Nc2ncc(C(F)(F)F)c(NC3CCC3)n2)c(F)cc1C1CN(C=O)CCO1. The molecule has 8 nitrogen and oxygen atoms in total. The van der Waals surface area contributed by atoms with E-state index in [1.807, 2.05) is 0 Å². The first-order chi connectivity index (χ1) is 15.8. The van der Waals surface area contributed by atoms with E-state index in [0.717, 1.165) is 19.3 Å². The van der Waals surface area contributed by atoms with Crippen LogP contribution >= 0.6 is 0 Å². The highest BCUT2D eigenvalue weighted by molar-refractivity contribution is 5.61. The summed E-state index contributed by atoms with van der Waals surface area (Å²) in [7, 11) is 1.40. The number of rotatable bonds is 7. The Bertz CT molecular complexity index is 1020. The number of methoxy groups -OCH3 is 1. The smallest absolute Gasteiger partial charge is 0.421 e. The largest absolute Gasteiger partial charge is 0.496 e. The number of alkyl halides is 3. The molecule has 1 atom stereocenters. The second kappa shape index (κ2) is 9.38. The lowest BCUT2D eigenvalue weighted by Gasteiger charge is -2.31. The van der Waals surface area contributed by atoms with Crippen LogP contribution in [0.4, 0.5) is 35.0 Å². The molecule has 0 spiro atoms. The minimum atomic E-state index is -4.63. The number of benzene rings is 1. The van der Waals surface area contributed by atoms with Crippen LogP contribution in [0.15, 0.2) is 18.3 Å². The first kappa shape index (κ1) is 23.0. The van der Waals surface area contributed by atoms with Crippen molar-refractivity contribution in [1.29, 1.82) is 0 Å². The van der Waals surface area contributed by atoms with Gasteiger partial charge in [-0.3, -0.25) is 4.79 Å². The molecular formula is C21H23F4N5O3. The van der Waals surface area contributed by atoms with E-state index in [9.17, 15) is 22.4 Å². The fourth-order valence-corrected chi connectivity index (χ4v) is 3.67. The van der Waals surface area contributed by atoms with Crippen LogP contribution < -0.4 is 15.4 Å². The molecule has 1 saturated carbocycles. The molecule has 1 unspecified atom stereocenters. The lowest BCUT2D eigenvalue weighted by molar-refractivity contribution is -0.137. The lowest BCUT2D eigenvalue weighted by Crippen LogP contribution is -2.37. The van der Waals surface area contributed by atoms with E-state index in [2.05, 4.69) is 20.6 Å². The molecule has 2 aliphatic rings. The van der Waals surface area contributed by atoms with Crippen LogP contribution in [-0.2, 0) is 15.7 Å². The van der Waals surface area contributed by atoms with Crippen molar-refractivity contribution in [2.45, 2.75) is 37.6 Å². The van der Waals surface area contributed by atoms with E-state index in [1.54, 1.807) is 0 Å². The number of nitrogens with zero attached hydrogens (tertiary/aromatic N) is 3. The highest BCUT2D eigenvalue weighted by Gasteiger charge is 2.36. The Kier molecular flexibility index (Phi) is 6.54. The summed E-state index contributed by atoms with van der Waals surface area (Å²) >= 11 is 0. The molecule has 0 radical (unpaired) electrons. The number of amides is 1. The van der Waals surface area contributed by atoms with Gasteiger partial charge >= 0.3 is 6.18 Å². The van der Waals surface area contributed by atoms with Crippen LogP contribution in [0.3, 0.4) is 0 Å². The van der Waals surface area contributed by atoms with Gasteiger partial charge in [-0.2, -0.15) is 18.2 Å². The van der Waals surface area contributed by atoms with E-state index in [-0.39, 0.29) is 35.8 Å². The molecule has 1 amide bonds.